The minimum Gasteiger partial charge on any atom is -0.392 e. The molecule has 3 rings (SSSR count). The average molecular weight is 301 g/mol. The van der Waals surface area contributed by atoms with Crippen molar-refractivity contribution in [1.82, 2.24) is 9.55 Å². The van der Waals surface area contributed by atoms with Crippen molar-refractivity contribution in [3.05, 3.63) is 64.9 Å². The van der Waals surface area contributed by atoms with E-state index in [1.54, 1.807) is 0 Å². The van der Waals surface area contributed by atoms with Crippen LogP contribution in [0.25, 0.3) is 11.0 Å². The van der Waals surface area contributed by atoms with Crippen molar-refractivity contribution in [2.24, 2.45) is 7.05 Å². The summed E-state index contributed by atoms with van der Waals surface area (Å²) in [4.78, 5) is 4.59. The third-order valence-corrected chi connectivity index (χ3v) is 3.93. The molecule has 21 heavy (non-hydrogen) atoms. The zero-order valence-corrected chi connectivity index (χ0v) is 12.6. The van der Waals surface area contributed by atoms with Gasteiger partial charge in [-0.3, -0.25) is 0 Å². The molecular formula is C17H17ClN2O. The Bertz CT molecular complexity index is 749. The number of hydrogen-bond acceptors (Lipinski definition) is 2. The van der Waals surface area contributed by atoms with Gasteiger partial charge < -0.3 is 9.67 Å². The summed E-state index contributed by atoms with van der Waals surface area (Å²) in [5.74, 6) is 0.901. The van der Waals surface area contributed by atoms with Gasteiger partial charge in [-0.15, -0.1) is 0 Å². The van der Waals surface area contributed by atoms with E-state index in [1.807, 2.05) is 60.1 Å². The normalized spacial score (nSPS) is 12.7. The molecule has 0 aliphatic heterocycles. The van der Waals surface area contributed by atoms with Crippen LogP contribution in [0.3, 0.4) is 0 Å². The van der Waals surface area contributed by atoms with Gasteiger partial charge in [0.1, 0.15) is 5.82 Å². The molecule has 0 fully saturated rings. The second-order valence-corrected chi connectivity index (χ2v) is 5.70. The Labute approximate surface area is 128 Å². The molecule has 0 saturated heterocycles. The van der Waals surface area contributed by atoms with E-state index in [4.69, 9.17) is 11.6 Å². The van der Waals surface area contributed by atoms with Gasteiger partial charge in [-0.25, -0.2) is 4.98 Å². The quantitative estimate of drug-likeness (QED) is 0.802. The van der Waals surface area contributed by atoms with Gasteiger partial charge in [0, 0.05) is 18.5 Å². The van der Waals surface area contributed by atoms with Gasteiger partial charge in [-0.1, -0.05) is 35.9 Å². The van der Waals surface area contributed by atoms with Crippen LogP contribution in [0.4, 0.5) is 0 Å². The predicted molar refractivity (Wildman–Crippen MR) is 85.6 cm³/mol. The molecule has 0 amide bonds. The number of para-hydroxylation sites is 2. The molecule has 3 aromatic rings. The van der Waals surface area contributed by atoms with Crippen LogP contribution in [-0.4, -0.2) is 20.8 Å². The smallest absolute Gasteiger partial charge is 0.112 e. The summed E-state index contributed by atoms with van der Waals surface area (Å²) in [5.41, 5.74) is 3.13. The predicted octanol–water partition coefficient (Wildman–Crippen LogP) is 3.37. The van der Waals surface area contributed by atoms with Gasteiger partial charge in [0.05, 0.1) is 17.1 Å². The van der Waals surface area contributed by atoms with Crippen LogP contribution in [0, 0.1) is 0 Å². The maximum atomic E-state index is 10.3. The fourth-order valence-electron chi connectivity index (χ4n) is 2.55. The largest absolute Gasteiger partial charge is 0.392 e. The van der Waals surface area contributed by atoms with E-state index in [-0.39, 0.29) is 0 Å². The van der Waals surface area contributed by atoms with E-state index in [2.05, 4.69) is 4.98 Å². The van der Waals surface area contributed by atoms with Crippen molar-refractivity contribution >= 4 is 22.6 Å². The minimum absolute atomic E-state index is 0.457. The van der Waals surface area contributed by atoms with Crippen molar-refractivity contribution in [2.45, 2.75) is 18.9 Å². The number of aryl methyl sites for hydroxylation is 1. The fraction of sp³-hybridized carbons (Fsp3) is 0.235. The molecule has 0 radical (unpaired) electrons. The summed E-state index contributed by atoms with van der Waals surface area (Å²) in [6.45, 7) is 0. The van der Waals surface area contributed by atoms with Gasteiger partial charge in [0.15, 0.2) is 0 Å². The van der Waals surface area contributed by atoms with E-state index in [0.29, 0.717) is 17.9 Å². The average Bonchev–Trinajstić information content (AvgIpc) is 2.78. The molecule has 0 bridgehead atoms. The molecule has 1 aromatic heterocycles. The highest BCUT2D eigenvalue weighted by Crippen LogP contribution is 2.17. The highest BCUT2D eigenvalue weighted by molar-refractivity contribution is 6.30. The van der Waals surface area contributed by atoms with E-state index >= 15 is 0 Å². The van der Waals surface area contributed by atoms with Crippen LogP contribution in [-0.2, 0) is 19.9 Å². The number of rotatable bonds is 4. The molecule has 4 heteroatoms. The van der Waals surface area contributed by atoms with Crippen molar-refractivity contribution in [3.63, 3.8) is 0 Å². The number of aliphatic hydroxyl groups excluding tert-OH is 1. The molecule has 1 atom stereocenters. The summed E-state index contributed by atoms with van der Waals surface area (Å²) >= 11 is 5.87. The lowest BCUT2D eigenvalue weighted by molar-refractivity contribution is 0.172. The van der Waals surface area contributed by atoms with Crippen molar-refractivity contribution in [2.75, 3.05) is 0 Å². The number of nitrogens with zero attached hydrogens (tertiary/aromatic N) is 2. The molecule has 1 unspecified atom stereocenters. The standard InChI is InChI=1S/C17H17ClN2O/c1-20-16-5-3-2-4-15(16)19-17(20)11-14(21)10-12-6-8-13(18)9-7-12/h2-9,14,21H,10-11H2,1H3. The topological polar surface area (TPSA) is 38.0 Å². The fourth-order valence-corrected chi connectivity index (χ4v) is 2.68. The second-order valence-electron chi connectivity index (χ2n) is 5.26. The lowest BCUT2D eigenvalue weighted by Crippen LogP contribution is -2.16. The third-order valence-electron chi connectivity index (χ3n) is 3.68. The number of hydrogen-bond donors (Lipinski definition) is 1. The number of aromatic nitrogens is 2. The Hall–Kier alpha value is -1.84. The Morgan fingerprint density at radius 1 is 1.10 bits per heavy atom. The Morgan fingerprint density at radius 3 is 2.52 bits per heavy atom. The van der Waals surface area contributed by atoms with Crippen LogP contribution in [0.1, 0.15) is 11.4 Å². The molecule has 0 saturated carbocycles. The Balaban J connectivity index is 1.75. The van der Waals surface area contributed by atoms with Crippen molar-refractivity contribution < 1.29 is 5.11 Å². The first-order valence-electron chi connectivity index (χ1n) is 6.96. The molecule has 1 N–H and O–H groups in total. The van der Waals surface area contributed by atoms with Crippen LogP contribution in [0.2, 0.25) is 5.02 Å². The maximum absolute atomic E-state index is 10.3. The van der Waals surface area contributed by atoms with Crippen LogP contribution in [0.5, 0.6) is 0 Å². The molecule has 108 valence electrons. The third kappa shape index (κ3) is 3.09. The van der Waals surface area contributed by atoms with E-state index in [0.717, 1.165) is 22.4 Å². The van der Waals surface area contributed by atoms with Gasteiger partial charge in [-0.05, 0) is 36.2 Å². The van der Waals surface area contributed by atoms with Crippen molar-refractivity contribution in [1.29, 1.82) is 0 Å². The minimum atomic E-state index is -0.457. The zero-order chi connectivity index (χ0) is 14.8. The lowest BCUT2D eigenvalue weighted by Gasteiger charge is -2.10. The highest BCUT2D eigenvalue weighted by atomic mass is 35.5. The number of benzene rings is 2. The summed E-state index contributed by atoms with van der Waals surface area (Å²) < 4.78 is 2.04. The number of halogens is 1. The van der Waals surface area contributed by atoms with Crippen LogP contribution >= 0.6 is 11.6 Å². The maximum Gasteiger partial charge on any atom is 0.112 e. The zero-order valence-electron chi connectivity index (χ0n) is 11.8. The molecule has 0 aliphatic rings. The molecule has 0 aliphatic carbocycles. The molecular weight excluding hydrogens is 284 g/mol. The number of aliphatic hydroxyl groups is 1. The van der Waals surface area contributed by atoms with E-state index in [9.17, 15) is 5.11 Å². The number of fused-ring (bicyclic) bond motifs is 1. The van der Waals surface area contributed by atoms with Crippen LogP contribution in [0.15, 0.2) is 48.5 Å². The molecule has 0 spiro atoms. The van der Waals surface area contributed by atoms with Gasteiger partial charge >= 0.3 is 0 Å². The lowest BCUT2D eigenvalue weighted by atomic mass is 10.1. The Morgan fingerprint density at radius 2 is 1.81 bits per heavy atom. The highest BCUT2D eigenvalue weighted by Gasteiger charge is 2.13. The second kappa shape index (κ2) is 5.88. The number of imidazole rings is 1. The summed E-state index contributed by atoms with van der Waals surface area (Å²) in [6, 6.07) is 15.6. The summed E-state index contributed by atoms with van der Waals surface area (Å²) in [7, 11) is 1.99. The van der Waals surface area contributed by atoms with Gasteiger partial charge in [0.2, 0.25) is 0 Å². The summed E-state index contributed by atoms with van der Waals surface area (Å²) in [6.07, 6.45) is 0.676. The van der Waals surface area contributed by atoms with Gasteiger partial charge in [-0.2, -0.15) is 0 Å². The first kappa shape index (κ1) is 14.1. The first-order chi connectivity index (χ1) is 10.1. The Kier molecular flexibility index (Phi) is 3.95. The van der Waals surface area contributed by atoms with Crippen molar-refractivity contribution in [3.8, 4) is 0 Å². The van der Waals surface area contributed by atoms with E-state index < -0.39 is 6.10 Å². The van der Waals surface area contributed by atoms with E-state index in [1.165, 1.54) is 0 Å². The molecule has 2 aromatic carbocycles. The summed E-state index contributed by atoms with van der Waals surface area (Å²) in [5, 5.41) is 11.0. The van der Waals surface area contributed by atoms with Gasteiger partial charge in [0.25, 0.3) is 0 Å². The SMILES string of the molecule is Cn1c(CC(O)Cc2ccc(Cl)cc2)nc2ccccc21. The monoisotopic (exact) mass is 300 g/mol. The molecule has 1 heterocycles. The van der Waals surface area contributed by atoms with Crippen LogP contribution < -0.4 is 0 Å². The molecule has 3 nitrogen and oxygen atoms in total. The first-order valence-corrected chi connectivity index (χ1v) is 7.34.